The van der Waals surface area contributed by atoms with Gasteiger partial charge in [0.2, 0.25) is 0 Å². The third-order valence-corrected chi connectivity index (χ3v) is 4.53. The number of guanidine groups is 1. The van der Waals surface area contributed by atoms with Gasteiger partial charge in [-0.15, -0.1) is 11.3 Å². The number of thiophene rings is 1. The normalized spacial score (nSPS) is 12.0. The van der Waals surface area contributed by atoms with E-state index in [-0.39, 0.29) is 0 Å². The van der Waals surface area contributed by atoms with Gasteiger partial charge in [0.25, 0.3) is 0 Å². The average molecular weight is 313 g/mol. The predicted molar refractivity (Wildman–Crippen MR) is 92.3 cm³/mol. The Morgan fingerprint density at radius 2 is 2.14 bits per heavy atom. The maximum absolute atomic E-state index is 5.91. The minimum absolute atomic E-state index is 0.455. The second-order valence-corrected chi connectivity index (χ2v) is 6.14. The van der Waals surface area contributed by atoms with Gasteiger partial charge >= 0.3 is 0 Å². The molecule has 0 unspecified atom stereocenters. The summed E-state index contributed by atoms with van der Waals surface area (Å²) in [6.07, 6.45) is 0.956. The Labute approximate surface area is 133 Å². The molecule has 0 saturated heterocycles. The number of rotatable bonds is 5. The molecule has 0 aliphatic heterocycles. The largest absolute Gasteiger partial charge is 0.459 e. The summed E-state index contributed by atoms with van der Waals surface area (Å²) in [6, 6.07) is 12.2. The van der Waals surface area contributed by atoms with Gasteiger partial charge in [-0.05, 0) is 30.9 Å². The van der Waals surface area contributed by atoms with Crippen LogP contribution in [0.25, 0.3) is 11.0 Å². The summed E-state index contributed by atoms with van der Waals surface area (Å²) in [6.45, 7) is 3.30. The summed E-state index contributed by atoms with van der Waals surface area (Å²) in [5, 5.41) is 6.35. The second-order valence-electron chi connectivity index (χ2n) is 5.10. The van der Waals surface area contributed by atoms with Crippen LogP contribution >= 0.6 is 11.3 Å². The van der Waals surface area contributed by atoms with E-state index in [0.717, 1.165) is 35.3 Å². The van der Waals surface area contributed by atoms with Crippen LogP contribution in [0.5, 0.6) is 0 Å². The van der Waals surface area contributed by atoms with Gasteiger partial charge in [0, 0.05) is 22.4 Å². The van der Waals surface area contributed by atoms with Crippen molar-refractivity contribution in [3.63, 3.8) is 0 Å². The average Bonchev–Trinajstić information content (AvgIpc) is 3.14. The molecule has 0 radical (unpaired) electrons. The number of nitrogens with zero attached hydrogens (tertiary/aromatic N) is 1. The molecule has 0 saturated carbocycles. The molecule has 0 amide bonds. The number of furan rings is 1. The molecule has 114 valence electrons. The first-order valence-electron chi connectivity index (χ1n) is 7.27. The summed E-state index contributed by atoms with van der Waals surface area (Å²) in [7, 11) is 0. The van der Waals surface area contributed by atoms with E-state index in [4.69, 9.17) is 10.2 Å². The van der Waals surface area contributed by atoms with Crippen LogP contribution in [0, 0.1) is 6.92 Å². The number of aryl methyl sites for hydroxylation is 1. The molecule has 0 fully saturated rings. The first-order valence-corrected chi connectivity index (χ1v) is 8.15. The Balaban J connectivity index is 1.58. The maximum Gasteiger partial charge on any atom is 0.189 e. The van der Waals surface area contributed by atoms with E-state index in [0.29, 0.717) is 12.5 Å². The topological polar surface area (TPSA) is 63.5 Å². The molecule has 22 heavy (non-hydrogen) atoms. The zero-order valence-electron chi connectivity index (χ0n) is 12.5. The lowest BCUT2D eigenvalue weighted by molar-refractivity contribution is 0.548. The van der Waals surface area contributed by atoms with E-state index >= 15 is 0 Å². The molecule has 2 heterocycles. The number of hydrogen-bond donors (Lipinski definition) is 2. The summed E-state index contributed by atoms with van der Waals surface area (Å²) in [5.41, 5.74) is 7.93. The summed E-state index contributed by atoms with van der Waals surface area (Å²) < 4.78 is 5.82. The molecule has 4 nitrogen and oxygen atoms in total. The monoisotopic (exact) mass is 313 g/mol. The van der Waals surface area contributed by atoms with Gasteiger partial charge in [-0.1, -0.05) is 24.3 Å². The van der Waals surface area contributed by atoms with Crippen molar-refractivity contribution < 1.29 is 4.42 Å². The predicted octanol–water partition coefficient (Wildman–Crippen LogP) is 3.45. The molecule has 2 aromatic heterocycles. The first-order chi connectivity index (χ1) is 10.7. The Kier molecular flexibility index (Phi) is 4.44. The smallest absolute Gasteiger partial charge is 0.189 e. The Morgan fingerprint density at radius 1 is 1.27 bits per heavy atom. The molecule has 5 heteroatoms. The van der Waals surface area contributed by atoms with Crippen molar-refractivity contribution in [1.82, 2.24) is 5.32 Å². The first kappa shape index (κ1) is 14.7. The molecule has 1 aromatic carbocycles. The highest BCUT2D eigenvalue weighted by atomic mass is 32.1. The van der Waals surface area contributed by atoms with E-state index in [1.165, 1.54) is 4.88 Å². The Hall–Kier alpha value is -2.27. The van der Waals surface area contributed by atoms with Crippen molar-refractivity contribution in [1.29, 1.82) is 0 Å². The van der Waals surface area contributed by atoms with Gasteiger partial charge in [0.05, 0.1) is 0 Å². The molecular weight excluding hydrogens is 294 g/mol. The van der Waals surface area contributed by atoms with E-state index in [1.807, 2.05) is 18.2 Å². The Bertz CT molecular complexity index is 774. The maximum atomic E-state index is 5.91. The van der Waals surface area contributed by atoms with Crippen LogP contribution in [0.4, 0.5) is 0 Å². The molecule has 0 bridgehead atoms. The number of para-hydroxylation sites is 1. The molecule has 0 atom stereocenters. The molecule has 0 spiro atoms. The van der Waals surface area contributed by atoms with Crippen LogP contribution in [0.15, 0.2) is 51.2 Å². The van der Waals surface area contributed by atoms with Crippen molar-refractivity contribution >= 4 is 28.3 Å². The van der Waals surface area contributed by atoms with Crippen LogP contribution in [-0.4, -0.2) is 12.5 Å². The van der Waals surface area contributed by atoms with Gasteiger partial charge < -0.3 is 15.5 Å². The van der Waals surface area contributed by atoms with Gasteiger partial charge in [-0.2, -0.15) is 0 Å². The van der Waals surface area contributed by atoms with E-state index in [9.17, 15) is 0 Å². The summed E-state index contributed by atoms with van der Waals surface area (Å²) in [5.74, 6) is 1.32. The standard InChI is InChI=1S/C17H19N3OS/c1-12-14-6-2-3-7-15(14)21-16(12)11-20-17(18)19-9-8-13-5-4-10-22-13/h2-7,10H,8-9,11H2,1H3,(H3,18,19,20). The van der Waals surface area contributed by atoms with E-state index in [1.54, 1.807) is 11.3 Å². The lowest BCUT2D eigenvalue weighted by atomic mass is 10.1. The van der Waals surface area contributed by atoms with Crippen molar-refractivity contribution in [2.75, 3.05) is 6.54 Å². The molecule has 3 N–H and O–H groups in total. The van der Waals surface area contributed by atoms with Gasteiger partial charge in [-0.25, -0.2) is 4.99 Å². The number of benzene rings is 1. The van der Waals surface area contributed by atoms with Crippen LogP contribution in [0.1, 0.15) is 16.2 Å². The number of aliphatic imine (C=N–C) groups is 1. The molecular formula is C17H19N3OS. The molecule has 0 aliphatic carbocycles. The fourth-order valence-corrected chi connectivity index (χ4v) is 3.07. The van der Waals surface area contributed by atoms with Crippen LogP contribution in [-0.2, 0) is 13.0 Å². The fourth-order valence-electron chi connectivity index (χ4n) is 2.36. The van der Waals surface area contributed by atoms with E-state index in [2.05, 4.69) is 40.8 Å². The highest BCUT2D eigenvalue weighted by Gasteiger charge is 2.09. The van der Waals surface area contributed by atoms with Gasteiger partial charge in [0.1, 0.15) is 17.9 Å². The van der Waals surface area contributed by atoms with Crippen LogP contribution in [0.2, 0.25) is 0 Å². The highest BCUT2D eigenvalue weighted by molar-refractivity contribution is 7.09. The molecule has 0 aliphatic rings. The number of fused-ring (bicyclic) bond motifs is 1. The van der Waals surface area contributed by atoms with Crippen molar-refractivity contribution in [2.24, 2.45) is 10.7 Å². The number of nitrogens with two attached hydrogens (primary N) is 1. The lowest BCUT2D eigenvalue weighted by Gasteiger charge is -2.04. The van der Waals surface area contributed by atoms with E-state index < -0.39 is 0 Å². The Morgan fingerprint density at radius 3 is 2.91 bits per heavy atom. The second kappa shape index (κ2) is 6.66. The van der Waals surface area contributed by atoms with Gasteiger partial charge in [0.15, 0.2) is 5.96 Å². The van der Waals surface area contributed by atoms with Crippen molar-refractivity contribution in [3.8, 4) is 0 Å². The number of hydrogen-bond acceptors (Lipinski definition) is 3. The number of nitrogens with one attached hydrogen (secondary N) is 1. The van der Waals surface area contributed by atoms with Crippen LogP contribution in [0.3, 0.4) is 0 Å². The highest BCUT2D eigenvalue weighted by Crippen LogP contribution is 2.25. The minimum atomic E-state index is 0.455. The zero-order valence-corrected chi connectivity index (χ0v) is 13.3. The molecule has 3 aromatic rings. The van der Waals surface area contributed by atoms with Crippen molar-refractivity contribution in [3.05, 3.63) is 58.0 Å². The zero-order chi connectivity index (χ0) is 15.4. The lowest BCUT2D eigenvalue weighted by Crippen LogP contribution is -2.33. The van der Waals surface area contributed by atoms with Crippen LogP contribution < -0.4 is 11.1 Å². The third-order valence-electron chi connectivity index (χ3n) is 3.59. The summed E-state index contributed by atoms with van der Waals surface area (Å²) in [4.78, 5) is 5.70. The third kappa shape index (κ3) is 3.31. The quantitative estimate of drug-likeness (QED) is 0.560. The summed E-state index contributed by atoms with van der Waals surface area (Å²) >= 11 is 1.75. The van der Waals surface area contributed by atoms with Crippen molar-refractivity contribution in [2.45, 2.75) is 19.9 Å². The fraction of sp³-hybridized carbons (Fsp3) is 0.235. The SMILES string of the molecule is Cc1c(CN=C(N)NCCc2cccs2)oc2ccccc12. The molecule has 3 rings (SSSR count). The minimum Gasteiger partial charge on any atom is -0.459 e. The van der Waals surface area contributed by atoms with Gasteiger partial charge in [-0.3, -0.25) is 0 Å².